The van der Waals surface area contributed by atoms with E-state index in [2.05, 4.69) is 42.6 Å². The van der Waals surface area contributed by atoms with Gasteiger partial charge in [-0.05, 0) is 64.7 Å². The van der Waals surface area contributed by atoms with Crippen LogP contribution < -0.4 is 5.32 Å². The molecular formula is C55H101NO8. The van der Waals surface area contributed by atoms with Gasteiger partial charge in [-0.25, -0.2) is 0 Å². The Morgan fingerprint density at radius 1 is 0.547 bits per heavy atom. The fraction of sp³-hybridized carbons (Fsp3) is 0.836. The minimum atomic E-state index is -1.57. The van der Waals surface area contributed by atoms with Gasteiger partial charge in [0.1, 0.15) is 24.4 Å². The van der Waals surface area contributed by atoms with Crippen molar-refractivity contribution in [1.29, 1.82) is 0 Å². The van der Waals surface area contributed by atoms with Crippen molar-refractivity contribution >= 4 is 5.91 Å². The van der Waals surface area contributed by atoms with Crippen LogP contribution in [0.3, 0.4) is 0 Å². The van der Waals surface area contributed by atoms with Gasteiger partial charge in [-0.15, -0.1) is 0 Å². The molecule has 9 nitrogen and oxygen atoms in total. The van der Waals surface area contributed by atoms with Crippen LogP contribution in [-0.4, -0.2) is 87.5 Å². The summed E-state index contributed by atoms with van der Waals surface area (Å²) in [6, 6.07) is -0.825. The molecule has 7 unspecified atom stereocenters. The molecule has 7 atom stereocenters. The lowest BCUT2D eigenvalue weighted by molar-refractivity contribution is -0.302. The van der Waals surface area contributed by atoms with E-state index in [1.54, 1.807) is 6.08 Å². The number of unbranched alkanes of at least 4 members (excludes halogenated alkanes) is 30. The molecule has 374 valence electrons. The number of nitrogens with one attached hydrogen (secondary N) is 1. The average Bonchev–Trinajstić information content (AvgIpc) is 3.29. The molecule has 1 fully saturated rings. The van der Waals surface area contributed by atoms with E-state index in [4.69, 9.17) is 9.47 Å². The van der Waals surface area contributed by atoms with Crippen LogP contribution in [0, 0.1) is 0 Å². The van der Waals surface area contributed by atoms with Gasteiger partial charge in [-0.2, -0.15) is 0 Å². The first-order valence-corrected chi connectivity index (χ1v) is 26.8. The second kappa shape index (κ2) is 45.0. The van der Waals surface area contributed by atoms with Crippen LogP contribution in [0.4, 0.5) is 0 Å². The van der Waals surface area contributed by atoms with E-state index in [0.717, 1.165) is 44.9 Å². The van der Waals surface area contributed by atoms with Crippen molar-refractivity contribution in [2.45, 2.75) is 281 Å². The normalized spacial score (nSPS) is 20.4. The lowest BCUT2D eigenvalue weighted by atomic mass is 9.99. The van der Waals surface area contributed by atoms with Crippen molar-refractivity contribution in [2.24, 2.45) is 0 Å². The summed E-state index contributed by atoms with van der Waals surface area (Å²) >= 11 is 0. The number of allylic oxidation sites excluding steroid dienone is 7. The fourth-order valence-electron chi connectivity index (χ4n) is 8.43. The molecule has 1 rings (SSSR count). The maximum absolute atomic E-state index is 13.0. The van der Waals surface area contributed by atoms with Gasteiger partial charge in [-0.3, -0.25) is 4.79 Å². The third-order valence-corrected chi connectivity index (χ3v) is 12.7. The summed E-state index contributed by atoms with van der Waals surface area (Å²) in [6.07, 6.45) is 52.3. The van der Waals surface area contributed by atoms with Crippen molar-refractivity contribution in [1.82, 2.24) is 5.32 Å². The molecule has 1 amide bonds. The summed E-state index contributed by atoms with van der Waals surface area (Å²) in [5.41, 5.74) is 0. The Labute approximate surface area is 393 Å². The molecule has 0 radical (unpaired) electrons. The molecular weight excluding hydrogens is 803 g/mol. The Kier molecular flexibility index (Phi) is 42.3. The molecule has 0 aromatic rings. The number of aliphatic hydroxyl groups excluding tert-OH is 5. The Hall–Kier alpha value is -1.85. The first-order valence-electron chi connectivity index (χ1n) is 26.8. The number of rotatable bonds is 45. The fourth-order valence-corrected chi connectivity index (χ4v) is 8.43. The molecule has 6 N–H and O–H groups in total. The van der Waals surface area contributed by atoms with E-state index >= 15 is 0 Å². The van der Waals surface area contributed by atoms with E-state index in [1.165, 1.54) is 173 Å². The number of carbonyl (C=O) groups is 1. The molecule has 9 heteroatoms. The van der Waals surface area contributed by atoms with Gasteiger partial charge in [0.25, 0.3) is 0 Å². The Morgan fingerprint density at radius 3 is 1.41 bits per heavy atom. The lowest BCUT2D eigenvalue weighted by Crippen LogP contribution is -2.60. The molecule has 0 bridgehead atoms. The highest BCUT2D eigenvalue weighted by atomic mass is 16.7. The zero-order valence-corrected chi connectivity index (χ0v) is 41.3. The maximum atomic E-state index is 13.0. The summed E-state index contributed by atoms with van der Waals surface area (Å²) in [4.78, 5) is 13.0. The van der Waals surface area contributed by atoms with Crippen molar-refractivity contribution in [3.63, 3.8) is 0 Å². The van der Waals surface area contributed by atoms with Crippen LogP contribution in [0.5, 0.6) is 0 Å². The third-order valence-electron chi connectivity index (χ3n) is 12.7. The lowest BCUT2D eigenvalue weighted by Gasteiger charge is -2.40. The van der Waals surface area contributed by atoms with Gasteiger partial charge in [0, 0.05) is 6.42 Å². The zero-order valence-electron chi connectivity index (χ0n) is 41.3. The highest BCUT2D eigenvalue weighted by Gasteiger charge is 2.44. The van der Waals surface area contributed by atoms with Crippen molar-refractivity contribution < 1.29 is 39.8 Å². The number of aliphatic hydroxyl groups is 5. The van der Waals surface area contributed by atoms with Gasteiger partial charge in [-0.1, -0.05) is 216 Å². The van der Waals surface area contributed by atoms with E-state index in [0.29, 0.717) is 6.42 Å². The van der Waals surface area contributed by atoms with Gasteiger partial charge >= 0.3 is 0 Å². The first kappa shape index (κ1) is 60.2. The summed E-state index contributed by atoms with van der Waals surface area (Å²) < 4.78 is 11.2. The van der Waals surface area contributed by atoms with Crippen molar-refractivity contribution in [2.75, 3.05) is 13.2 Å². The number of ether oxygens (including phenoxy) is 2. The standard InChI is InChI=1S/C55H101NO8/c1-3-5-7-9-11-13-14-15-16-17-18-19-20-21-22-23-24-25-26-27-28-29-30-31-32-33-34-35-37-39-41-43-45-51(59)56-48(49(58)44-42-40-38-36-12-10-8-6-4-2)47-63-55-54(62)53(61)52(60)50(46-57)64-55/h4,6,12,21-22,36,42,44,48-50,52-55,57-58,60-62H,3,5,7-11,13-20,23-35,37-41,43,45-47H2,1-2H3,(H,56,59)/b6-4+,22-21-,36-12+,44-42+. The maximum Gasteiger partial charge on any atom is 0.220 e. The molecule has 0 aromatic carbocycles. The zero-order chi connectivity index (χ0) is 46.6. The molecule has 0 saturated carbocycles. The number of hydrogen-bond donors (Lipinski definition) is 6. The number of carbonyl (C=O) groups excluding carboxylic acids is 1. The second-order valence-corrected chi connectivity index (χ2v) is 18.7. The second-order valence-electron chi connectivity index (χ2n) is 18.7. The third kappa shape index (κ3) is 34.5. The van der Waals surface area contributed by atoms with E-state index in [-0.39, 0.29) is 12.5 Å². The van der Waals surface area contributed by atoms with Crippen LogP contribution in [-0.2, 0) is 14.3 Å². The van der Waals surface area contributed by atoms with Gasteiger partial charge in [0.2, 0.25) is 5.91 Å². The predicted molar refractivity (Wildman–Crippen MR) is 267 cm³/mol. The Balaban J connectivity index is 2.08. The molecule has 1 heterocycles. The molecule has 0 aliphatic carbocycles. The van der Waals surface area contributed by atoms with E-state index in [1.807, 2.05) is 19.1 Å². The number of hydrogen-bond acceptors (Lipinski definition) is 8. The van der Waals surface area contributed by atoms with Gasteiger partial charge in [0.15, 0.2) is 6.29 Å². The minimum Gasteiger partial charge on any atom is -0.394 e. The summed E-state index contributed by atoms with van der Waals surface area (Å²) in [5.74, 6) is -0.193. The van der Waals surface area contributed by atoms with Gasteiger partial charge < -0.3 is 40.3 Å². The molecule has 1 aliphatic heterocycles. The monoisotopic (exact) mass is 904 g/mol. The molecule has 64 heavy (non-hydrogen) atoms. The number of amides is 1. The average molecular weight is 904 g/mol. The quantitative estimate of drug-likeness (QED) is 0.0261. The summed E-state index contributed by atoms with van der Waals surface area (Å²) in [5, 5.41) is 54.1. The largest absolute Gasteiger partial charge is 0.394 e. The highest BCUT2D eigenvalue weighted by Crippen LogP contribution is 2.23. The SMILES string of the molecule is C/C=C/CC/C=C/CC/C=C/C(O)C(COC1OC(CO)C(O)C(O)C1O)NC(=O)CCCCCCCCCCCCCCCCCC/C=C\CCCCCCCCCCCCCC. The Bertz CT molecular complexity index is 1140. The molecule has 0 spiro atoms. The van der Waals surface area contributed by atoms with E-state index in [9.17, 15) is 30.3 Å². The van der Waals surface area contributed by atoms with Crippen LogP contribution in [0.2, 0.25) is 0 Å². The van der Waals surface area contributed by atoms with Crippen LogP contribution in [0.25, 0.3) is 0 Å². The minimum absolute atomic E-state index is 0.193. The topological polar surface area (TPSA) is 149 Å². The van der Waals surface area contributed by atoms with Crippen LogP contribution >= 0.6 is 0 Å². The van der Waals surface area contributed by atoms with Crippen molar-refractivity contribution in [3.8, 4) is 0 Å². The van der Waals surface area contributed by atoms with Crippen LogP contribution in [0.1, 0.15) is 239 Å². The van der Waals surface area contributed by atoms with Crippen molar-refractivity contribution in [3.05, 3.63) is 48.6 Å². The first-order chi connectivity index (χ1) is 31.3. The van der Waals surface area contributed by atoms with Crippen LogP contribution in [0.15, 0.2) is 48.6 Å². The van der Waals surface area contributed by atoms with Gasteiger partial charge in [0.05, 0.1) is 25.4 Å². The molecule has 1 aliphatic rings. The Morgan fingerprint density at radius 2 is 0.953 bits per heavy atom. The molecule has 0 aromatic heterocycles. The smallest absolute Gasteiger partial charge is 0.220 e. The summed E-state index contributed by atoms with van der Waals surface area (Å²) in [6.45, 7) is 3.52. The molecule has 1 saturated heterocycles. The summed E-state index contributed by atoms with van der Waals surface area (Å²) in [7, 11) is 0. The highest BCUT2D eigenvalue weighted by molar-refractivity contribution is 5.76. The predicted octanol–water partition coefficient (Wildman–Crippen LogP) is 12.6. The van der Waals surface area contributed by atoms with E-state index < -0.39 is 49.5 Å².